The van der Waals surface area contributed by atoms with Gasteiger partial charge in [-0.05, 0) is 26.3 Å². The highest BCUT2D eigenvalue weighted by molar-refractivity contribution is 5.95. The summed E-state index contributed by atoms with van der Waals surface area (Å²) in [6.45, 7) is 5.57. The smallest absolute Gasteiger partial charge is 0.257 e. The van der Waals surface area contributed by atoms with Crippen LogP contribution in [0.15, 0.2) is 6.20 Å². The van der Waals surface area contributed by atoms with E-state index in [4.69, 9.17) is 5.73 Å². The number of piperazine rings is 1. The molecule has 1 unspecified atom stereocenters. The number of aromatic nitrogens is 2. The first-order chi connectivity index (χ1) is 9.15. The minimum absolute atomic E-state index is 0.0315. The van der Waals surface area contributed by atoms with Crippen molar-refractivity contribution in [3.05, 3.63) is 17.5 Å². The molecule has 2 N–H and O–H groups in total. The van der Waals surface area contributed by atoms with Gasteiger partial charge in [0, 0.05) is 31.9 Å². The minimum atomic E-state index is 0.0315. The van der Waals surface area contributed by atoms with Crippen LogP contribution in [-0.2, 0) is 0 Å². The largest absolute Gasteiger partial charge is 0.368 e. The Bertz CT molecular complexity index is 504. The maximum Gasteiger partial charge on any atom is 0.257 e. The monoisotopic (exact) mass is 261 g/mol. The first-order valence-corrected chi connectivity index (χ1v) is 6.77. The summed E-state index contributed by atoms with van der Waals surface area (Å²) in [6.07, 6.45) is 3.98. The van der Waals surface area contributed by atoms with E-state index in [-0.39, 0.29) is 11.9 Å². The number of amides is 1. The van der Waals surface area contributed by atoms with Gasteiger partial charge in [-0.15, -0.1) is 0 Å². The van der Waals surface area contributed by atoms with Gasteiger partial charge in [0.15, 0.2) is 0 Å². The Morgan fingerprint density at radius 1 is 1.42 bits per heavy atom. The molecule has 1 aromatic heterocycles. The molecule has 3 heterocycles. The van der Waals surface area contributed by atoms with Crippen molar-refractivity contribution in [2.75, 3.05) is 31.9 Å². The Morgan fingerprint density at radius 3 is 3.05 bits per heavy atom. The van der Waals surface area contributed by atoms with Crippen molar-refractivity contribution in [2.24, 2.45) is 0 Å². The van der Waals surface area contributed by atoms with Gasteiger partial charge in [0.25, 0.3) is 5.91 Å². The second-order valence-corrected chi connectivity index (χ2v) is 5.31. The highest BCUT2D eigenvalue weighted by Gasteiger charge is 2.33. The molecule has 2 saturated heterocycles. The van der Waals surface area contributed by atoms with Crippen molar-refractivity contribution in [3.8, 4) is 0 Å². The fourth-order valence-electron chi connectivity index (χ4n) is 3.04. The van der Waals surface area contributed by atoms with Crippen molar-refractivity contribution in [2.45, 2.75) is 25.8 Å². The molecule has 0 saturated carbocycles. The zero-order chi connectivity index (χ0) is 13.4. The van der Waals surface area contributed by atoms with Crippen LogP contribution in [0, 0.1) is 6.92 Å². The Labute approximate surface area is 112 Å². The fourth-order valence-corrected chi connectivity index (χ4v) is 3.04. The Balaban J connectivity index is 1.76. The number of nitrogens with zero attached hydrogens (tertiary/aromatic N) is 4. The number of anilines is 1. The molecular formula is C13H19N5O. The number of nitrogen functional groups attached to an aromatic ring is 1. The average Bonchev–Trinajstić information content (AvgIpc) is 2.85. The van der Waals surface area contributed by atoms with Crippen LogP contribution < -0.4 is 5.73 Å². The topological polar surface area (TPSA) is 75.3 Å². The molecule has 0 bridgehead atoms. The van der Waals surface area contributed by atoms with E-state index >= 15 is 0 Å². The van der Waals surface area contributed by atoms with Crippen LogP contribution in [0.4, 0.5) is 5.95 Å². The van der Waals surface area contributed by atoms with E-state index in [1.54, 1.807) is 13.1 Å². The molecule has 0 aliphatic carbocycles. The van der Waals surface area contributed by atoms with Crippen LogP contribution in [-0.4, -0.2) is 57.9 Å². The van der Waals surface area contributed by atoms with Crippen LogP contribution in [0.5, 0.6) is 0 Å². The summed E-state index contributed by atoms with van der Waals surface area (Å²) in [5, 5.41) is 0. The zero-order valence-electron chi connectivity index (χ0n) is 11.2. The maximum atomic E-state index is 12.5. The third-order valence-corrected chi connectivity index (χ3v) is 4.10. The number of nitrogens with two attached hydrogens (primary N) is 1. The average molecular weight is 261 g/mol. The van der Waals surface area contributed by atoms with Gasteiger partial charge >= 0.3 is 0 Å². The second-order valence-electron chi connectivity index (χ2n) is 5.31. The van der Waals surface area contributed by atoms with Gasteiger partial charge in [0.2, 0.25) is 5.95 Å². The van der Waals surface area contributed by atoms with Crippen LogP contribution >= 0.6 is 0 Å². The van der Waals surface area contributed by atoms with E-state index in [2.05, 4.69) is 14.9 Å². The highest BCUT2D eigenvalue weighted by Crippen LogP contribution is 2.22. The first-order valence-electron chi connectivity index (χ1n) is 6.77. The summed E-state index contributed by atoms with van der Waals surface area (Å²) in [5.41, 5.74) is 6.75. The molecule has 2 aliphatic rings. The second kappa shape index (κ2) is 4.77. The summed E-state index contributed by atoms with van der Waals surface area (Å²) in [6, 6.07) is 0.535. The van der Waals surface area contributed by atoms with Crippen LogP contribution in [0.25, 0.3) is 0 Å². The number of carbonyl (C=O) groups is 1. The molecule has 0 spiro atoms. The Hall–Kier alpha value is -1.69. The van der Waals surface area contributed by atoms with Gasteiger partial charge in [-0.2, -0.15) is 0 Å². The van der Waals surface area contributed by atoms with Crippen molar-refractivity contribution in [1.82, 2.24) is 19.8 Å². The number of hydrogen-bond donors (Lipinski definition) is 1. The normalized spacial score (nSPS) is 23.4. The highest BCUT2D eigenvalue weighted by atomic mass is 16.2. The van der Waals surface area contributed by atoms with Gasteiger partial charge in [0.1, 0.15) is 0 Å². The molecular weight excluding hydrogens is 242 g/mol. The molecule has 1 aromatic rings. The lowest BCUT2D eigenvalue weighted by molar-refractivity contribution is 0.0570. The van der Waals surface area contributed by atoms with Crippen molar-refractivity contribution in [1.29, 1.82) is 0 Å². The molecule has 102 valence electrons. The molecule has 3 rings (SSSR count). The SMILES string of the molecule is Cc1nc(N)ncc1C(=O)N1CCN2CCCC2C1. The fraction of sp³-hybridized carbons (Fsp3) is 0.615. The predicted octanol–water partition coefficient (Wildman–Crippen LogP) is 0.287. The lowest BCUT2D eigenvalue weighted by Gasteiger charge is -2.37. The van der Waals surface area contributed by atoms with E-state index in [9.17, 15) is 4.79 Å². The van der Waals surface area contributed by atoms with E-state index in [1.807, 2.05) is 4.90 Å². The van der Waals surface area contributed by atoms with Gasteiger partial charge in [-0.1, -0.05) is 0 Å². The molecule has 0 aromatic carbocycles. The molecule has 0 radical (unpaired) electrons. The van der Waals surface area contributed by atoms with E-state index < -0.39 is 0 Å². The van der Waals surface area contributed by atoms with Crippen molar-refractivity contribution in [3.63, 3.8) is 0 Å². The third-order valence-electron chi connectivity index (χ3n) is 4.10. The molecule has 6 heteroatoms. The maximum absolute atomic E-state index is 12.5. The zero-order valence-corrected chi connectivity index (χ0v) is 11.2. The van der Waals surface area contributed by atoms with Crippen LogP contribution in [0.3, 0.4) is 0 Å². The number of fused-ring (bicyclic) bond motifs is 1. The van der Waals surface area contributed by atoms with Crippen LogP contribution in [0.1, 0.15) is 28.9 Å². The number of carbonyl (C=O) groups excluding carboxylic acids is 1. The lowest BCUT2D eigenvalue weighted by atomic mass is 10.1. The van der Waals surface area contributed by atoms with Gasteiger partial charge in [-0.3, -0.25) is 9.69 Å². The first kappa shape index (κ1) is 12.3. The minimum Gasteiger partial charge on any atom is -0.368 e. The molecule has 1 amide bonds. The standard InChI is InChI=1S/C13H19N5O/c1-9-11(7-15-13(14)16-9)12(19)18-6-5-17-4-2-3-10(17)8-18/h7,10H,2-6,8H2,1H3,(H2,14,15,16). The summed E-state index contributed by atoms with van der Waals surface area (Å²) in [7, 11) is 0. The van der Waals surface area contributed by atoms with Gasteiger partial charge in [-0.25, -0.2) is 9.97 Å². The van der Waals surface area contributed by atoms with E-state index in [0.717, 1.165) is 19.6 Å². The number of aryl methyl sites for hydroxylation is 1. The number of hydrogen-bond acceptors (Lipinski definition) is 5. The lowest BCUT2D eigenvalue weighted by Crippen LogP contribution is -2.52. The van der Waals surface area contributed by atoms with Gasteiger partial charge in [0.05, 0.1) is 11.3 Å². The van der Waals surface area contributed by atoms with Crippen molar-refractivity contribution < 1.29 is 4.79 Å². The third kappa shape index (κ3) is 2.28. The summed E-state index contributed by atoms with van der Waals surface area (Å²) in [4.78, 5) is 24.9. The number of rotatable bonds is 1. The van der Waals surface area contributed by atoms with Crippen molar-refractivity contribution >= 4 is 11.9 Å². The Kier molecular flexibility index (Phi) is 3.10. The quantitative estimate of drug-likeness (QED) is 0.786. The van der Waals surface area contributed by atoms with E-state index in [1.165, 1.54) is 19.4 Å². The van der Waals surface area contributed by atoms with E-state index in [0.29, 0.717) is 17.3 Å². The molecule has 19 heavy (non-hydrogen) atoms. The molecule has 2 fully saturated rings. The van der Waals surface area contributed by atoms with Gasteiger partial charge < -0.3 is 10.6 Å². The summed E-state index contributed by atoms with van der Waals surface area (Å²) < 4.78 is 0. The predicted molar refractivity (Wildman–Crippen MR) is 71.7 cm³/mol. The Morgan fingerprint density at radius 2 is 2.26 bits per heavy atom. The molecule has 2 aliphatic heterocycles. The molecule has 6 nitrogen and oxygen atoms in total. The summed E-state index contributed by atoms with van der Waals surface area (Å²) >= 11 is 0. The summed E-state index contributed by atoms with van der Waals surface area (Å²) in [5.74, 6) is 0.249. The molecule has 1 atom stereocenters. The van der Waals surface area contributed by atoms with Crippen LogP contribution in [0.2, 0.25) is 0 Å².